The molecule has 1 heterocycles. The quantitative estimate of drug-likeness (QED) is 0.712. The molecule has 1 unspecified atom stereocenters. The molecule has 0 spiro atoms. The highest BCUT2D eigenvalue weighted by atomic mass is 16.2. The van der Waals surface area contributed by atoms with E-state index in [1.165, 1.54) is 0 Å². The number of carbonyl (C=O) groups is 1. The van der Waals surface area contributed by atoms with Gasteiger partial charge in [0.15, 0.2) is 0 Å². The molecular weight excluding hydrogens is 162 g/mol. The van der Waals surface area contributed by atoms with Crippen LogP contribution in [0.1, 0.15) is 40.0 Å². The fourth-order valence-corrected chi connectivity index (χ4v) is 1.96. The summed E-state index contributed by atoms with van der Waals surface area (Å²) in [7, 11) is 0. The lowest BCUT2D eigenvalue weighted by atomic mass is 9.72. The van der Waals surface area contributed by atoms with Crippen LogP contribution in [0.2, 0.25) is 0 Å². The van der Waals surface area contributed by atoms with Crippen LogP contribution in [0.5, 0.6) is 0 Å². The molecule has 0 aromatic heterocycles. The van der Waals surface area contributed by atoms with E-state index in [-0.39, 0.29) is 17.2 Å². The minimum atomic E-state index is 0.134. The van der Waals surface area contributed by atoms with Gasteiger partial charge in [-0.1, -0.05) is 27.4 Å². The van der Waals surface area contributed by atoms with Gasteiger partial charge in [-0.15, -0.1) is 0 Å². The first-order valence-electron chi connectivity index (χ1n) is 5.02. The van der Waals surface area contributed by atoms with Crippen LogP contribution in [0, 0.1) is 11.3 Å². The van der Waals surface area contributed by atoms with Crippen molar-refractivity contribution in [2.45, 2.75) is 40.0 Å². The zero-order chi connectivity index (χ0) is 10.1. The molecule has 1 N–H and O–H groups in total. The highest BCUT2D eigenvalue weighted by Crippen LogP contribution is 2.40. The molecule has 1 rings (SSSR count). The third-order valence-corrected chi connectivity index (χ3v) is 3.52. The zero-order valence-electron chi connectivity index (χ0n) is 8.81. The lowest BCUT2D eigenvalue weighted by molar-refractivity contribution is -0.125. The molecule has 74 valence electrons. The SMILES string of the molecule is C=C1CC(C(C)(CC)CC)C(=O)N1. The van der Waals surface area contributed by atoms with Crippen molar-refractivity contribution in [1.29, 1.82) is 0 Å². The fraction of sp³-hybridized carbons (Fsp3) is 0.727. The number of hydrogen-bond acceptors (Lipinski definition) is 1. The summed E-state index contributed by atoms with van der Waals surface area (Å²) >= 11 is 0. The van der Waals surface area contributed by atoms with Gasteiger partial charge in [0.25, 0.3) is 0 Å². The molecule has 0 aromatic rings. The second kappa shape index (κ2) is 3.52. The Kier molecular flexibility index (Phi) is 2.79. The van der Waals surface area contributed by atoms with Crippen molar-refractivity contribution in [3.8, 4) is 0 Å². The van der Waals surface area contributed by atoms with Crippen molar-refractivity contribution in [2.75, 3.05) is 0 Å². The normalized spacial score (nSPS) is 23.5. The number of amides is 1. The van der Waals surface area contributed by atoms with E-state index in [9.17, 15) is 4.79 Å². The molecule has 1 aliphatic heterocycles. The van der Waals surface area contributed by atoms with Gasteiger partial charge in [-0.3, -0.25) is 4.79 Å². The molecule has 1 fully saturated rings. The molecule has 1 amide bonds. The molecule has 0 aliphatic carbocycles. The largest absolute Gasteiger partial charge is 0.330 e. The molecule has 2 heteroatoms. The van der Waals surface area contributed by atoms with Crippen LogP contribution < -0.4 is 5.32 Å². The van der Waals surface area contributed by atoms with Crippen molar-refractivity contribution in [3.63, 3.8) is 0 Å². The van der Waals surface area contributed by atoms with Gasteiger partial charge in [-0.05, 0) is 24.7 Å². The van der Waals surface area contributed by atoms with E-state index < -0.39 is 0 Å². The topological polar surface area (TPSA) is 29.1 Å². The summed E-state index contributed by atoms with van der Waals surface area (Å²) in [6, 6.07) is 0. The molecule has 1 aliphatic rings. The molecule has 0 aromatic carbocycles. The highest BCUT2D eigenvalue weighted by molar-refractivity contribution is 5.84. The number of allylic oxidation sites excluding steroid dienone is 1. The van der Waals surface area contributed by atoms with Crippen LogP contribution in [0.3, 0.4) is 0 Å². The molecule has 13 heavy (non-hydrogen) atoms. The predicted octanol–water partition coefficient (Wildman–Crippen LogP) is 2.46. The Hall–Kier alpha value is -0.790. The lowest BCUT2D eigenvalue weighted by Crippen LogP contribution is -2.32. The van der Waals surface area contributed by atoms with Crippen LogP contribution in [0.15, 0.2) is 12.3 Å². The molecular formula is C11H19NO. The van der Waals surface area contributed by atoms with Gasteiger partial charge < -0.3 is 5.32 Å². The first-order valence-corrected chi connectivity index (χ1v) is 5.02. The maximum atomic E-state index is 11.6. The number of rotatable bonds is 3. The Morgan fingerprint density at radius 2 is 2.08 bits per heavy atom. The van der Waals surface area contributed by atoms with Crippen molar-refractivity contribution in [2.24, 2.45) is 11.3 Å². The summed E-state index contributed by atoms with van der Waals surface area (Å²) in [5, 5.41) is 2.81. The van der Waals surface area contributed by atoms with Gasteiger partial charge in [0.2, 0.25) is 5.91 Å². The third kappa shape index (κ3) is 1.77. The molecule has 1 atom stereocenters. The lowest BCUT2D eigenvalue weighted by Gasteiger charge is -2.31. The Labute approximate surface area is 80.4 Å². The van der Waals surface area contributed by atoms with Crippen LogP contribution in [0.4, 0.5) is 0 Å². The minimum Gasteiger partial charge on any atom is -0.330 e. The Bertz CT molecular complexity index is 228. The second-order valence-electron chi connectivity index (χ2n) is 4.21. The predicted molar refractivity (Wildman–Crippen MR) is 54.1 cm³/mol. The van der Waals surface area contributed by atoms with Crippen molar-refractivity contribution < 1.29 is 4.79 Å². The summed E-state index contributed by atoms with van der Waals surface area (Å²) < 4.78 is 0. The zero-order valence-corrected chi connectivity index (χ0v) is 8.81. The molecule has 0 saturated carbocycles. The number of carbonyl (C=O) groups excluding carboxylic acids is 1. The standard InChI is InChI=1S/C11H19NO/c1-5-11(4,6-2)9-7-8(3)12-10(9)13/h9H,3,5-7H2,1-2,4H3,(H,12,13). The van der Waals surface area contributed by atoms with Gasteiger partial charge in [0, 0.05) is 11.6 Å². The van der Waals surface area contributed by atoms with Crippen LogP contribution >= 0.6 is 0 Å². The van der Waals surface area contributed by atoms with Gasteiger partial charge in [-0.2, -0.15) is 0 Å². The summed E-state index contributed by atoms with van der Waals surface area (Å²) in [4.78, 5) is 11.6. The number of hydrogen-bond donors (Lipinski definition) is 1. The van der Waals surface area contributed by atoms with Gasteiger partial charge in [0.1, 0.15) is 0 Å². The maximum absolute atomic E-state index is 11.6. The molecule has 2 nitrogen and oxygen atoms in total. The van der Waals surface area contributed by atoms with Gasteiger partial charge >= 0.3 is 0 Å². The summed E-state index contributed by atoms with van der Waals surface area (Å²) in [5.74, 6) is 0.297. The van der Waals surface area contributed by atoms with E-state index in [0.717, 1.165) is 25.0 Å². The Balaban J connectivity index is 2.81. The monoisotopic (exact) mass is 181 g/mol. The van der Waals surface area contributed by atoms with Crippen LogP contribution in [0.25, 0.3) is 0 Å². The second-order valence-corrected chi connectivity index (χ2v) is 4.21. The minimum absolute atomic E-state index is 0.134. The third-order valence-electron chi connectivity index (χ3n) is 3.52. The molecule has 0 radical (unpaired) electrons. The van der Waals surface area contributed by atoms with Gasteiger partial charge in [-0.25, -0.2) is 0 Å². The highest BCUT2D eigenvalue weighted by Gasteiger charge is 2.40. The van der Waals surface area contributed by atoms with E-state index in [4.69, 9.17) is 0 Å². The average Bonchev–Trinajstić information content (AvgIpc) is 2.44. The Morgan fingerprint density at radius 1 is 1.54 bits per heavy atom. The van der Waals surface area contributed by atoms with Crippen molar-refractivity contribution in [1.82, 2.24) is 5.32 Å². The number of nitrogens with one attached hydrogen (secondary N) is 1. The van der Waals surface area contributed by atoms with E-state index in [1.54, 1.807) is 0 Å². The van der Waals surface area contributed by atoms with Crippen molar-refractivity contribution >= 4 is 5.91 Å². The molecule has 1 saturated heterocycles. The van der Waals surface area contributed by atoms with Crippen LogP contribution in [-0.4, -0.2) is 5.91 Å². The van der Waals surface area contributed by atoms with E-state index in [0.29, 0.717) is 0 Å². The van der Waals surface area contributed by atoms with Crippen molar-refractivity contribution in [3.05, 3.63) is 12.3 Å². The van der Waals surface area contributed by atoms with E-state index in [1.807, 2.05) is 0 Å². The fourth-order valence-electron chi connectivity index (χ4n) is 1.96. The average molecular weight is 181 g/mol. The molecule has 0 bridgehead atoms. The summed E-state index contributed by atoms with van der Waals surface area (Å²) in [6.45, 7) is 10.3. The van der Waals surface area contributed by atoms with Crippen LogP contribution in [-0.2, 0) is 4.79 Å². The Morgan fingerprint density at radius 3 is 2.38 bits per heavy atom. The summed E-state index contributed by atoms with van der Waals surface area (Å²) in [6.07, 6.45) is 2.92. The van der Waals surface area contributed by atoms with E-state index >= 15 is 0 Å². The smallest absolute Gasteiger partial charge is 0.228 e. The first-order chi connectivity index (χ1) is 6.03. The van der Waals surface area contributed by atoms with E-state index in [2.05, 4.69) is 32.7 Å². The summed E-state index contributed by atoms with van der Waals surface area (Å²) in [5.41, 5.74) is 1.02. The van der Waals surface area contributed by atoms with Gasteiger partial charge in [0.05, 0.1) is 0 Å². The first kappa shape index (κ1) is 10.3. The maximum Gasteiger partial charge on any atom is 0.228 e.